The van der Waals surface area contributed by atoms with E-state index in [1.165, 1.54) is 18.2 Å². The summed E-state index contributed by atoms with van der Waals surface area (Å²) in [6, 6.07) is 4.81. The Morgan fingerprint density at radius 3 is 2.22 bits per heavy atom. The van der Waals surface area contributed by atoms with Gasteiger partial charge in [0.2, 0.25) is 0 Å². The van der Waals surface area contributed by atoms with Crippen LogP contribution < -0.4 is 17.0 Å². The maximum Gasteiger partial charge on any atom is 0.416 e. The number of carboxylic acids is 1. The Balaban J connectivity index is 0.000000828. The summed E-state index contributed by atoms with van der Waals surface area (Å²) in [5.74, 6) is -1.53. The molecule has 0 unspecified atom stereocenters. The number of alkyl halides is 3. The molecule has 2 rings (SSSR count). The van der Waals surface area contributed by atoms with Crippen LogP contribution in [0.4, 0.5) is 13.2 Å². The second kappa shape index (κ2) is 9.69. The number of aromatic amines is 2. The van der Waals surface area contributed by atoms with E-state index in [0.717, 1.165) is 6.07 Å². The van der Waals surface area contributed by atoms with Gasteiger partial charge in [-0.25, -0.2) is 9.59 Å². The Kier molecular flexibility index (Phi) is 7.94. The molecule has 1 aromatic heterocycles. The fourth-order valence-electron chi connectivity index (χ4n) is 2.21. The Morgan fingerprint density at radius 1 is 1.11 bits per heavy atom. The van der Waals surface area contributed by atoms with Crippen molar-refractivity contribution < 1.29 is 28.2 Å². The predicted molar refractivity (Wildman–Crippen MR) is 89.6 cm³/mol. The summed E-state index contributed by atoms with van der Waals surface area (Å²) >= 11 is 0. The van der Waals surface area contributed by atoms with Gasteiger partial charge >= 0.3 is 17.8 Å². The summed E-state index contributed by atoms with van der Waals surface area (Å²) in [4.78, 5) is 37.7. The number of carbonyl (C=O) groups is 1. The van der Waals surface area contributed by atoms with Crippen LogP contribution in [0.25, 0.3) is 0 Å². The largest absolute Gasteiger partial charge is 0.477 e. The fourth-order valence-corrected chi connectivity index (χ4v) is 2.21. The molecule has 8 nitrogen and oxygen atoms in total. The summed E-state index contributed by atoms with van der Waals surface area (Å²) in [5.41, 5.74) is 1.03. The fraction of sp³-hybridized carbons (Fsp3) is 0.312. The molecule has 1 heterocycles. The van der Waals surface area contributed by atoms with E-state index in [-0.39, 0.29) is 30.6 Å². The number of benzene rings is 1. The van der Waals surface area contributed by atoms with Gasteiger partial charge in [0.25, 0.3) is 5.56 Å². The number of carboxylic acid groups (broad SMARTS) is 1. The van der Waals surface area contributed by atoms with Crippen LogP contribution in [-0.2, 0) is 19.0 Å². The minimum Gasteiger partial charge on any atom is -0.477 e. The number of aliphatic hydroxyl groups is 1. The van der Waals surface area contributed by atoms with E-state index < -0.39 is 34.7 Å². The molecule has 2 aromatic rings. The third kappa shape index (κ3) is 6.38. The number of aliphatic hydroxyl groups excluding tert-OH is 1. The zero-order valence-electron chi connectivity index (χ0n) is 14.0. The number of aryl methyl sites for hydroxylation is 1. The van der Waals surface area contributed by atoms with Crippen LogP contribution in [0.3, 0.4) is 0 Å². The van der Waals surface area contributed by atoms with E-state index in [1.807, 2.05) is 9.97 Å². The molecule has 6 N–H and O–H groups in total. The maximum atomic E-state index is 12.9. The number of rotatable bonds is 5. The molecule has 148 valence electrons. The SMILES string of the molecule is NCCO.O=C(O)c1[nH]c(=O)[nH]c(=O)c1CCc1ccccc1C(F)(F)F. The lowest BCUT2D eigenvalue weighted by atomic mass is 9.99. The molecule has 0 fully saturated rings. The smallest absolute Gasteiger partial charge is 0.416 e. The number of halogens is 3. The van der Waals surface area contributed by atoms with Gasteiger partial charge in [0.1, 0.15) is 5.69 Å². The van der Waals surface area contributed by atoms with Crippen molar-refractivity contribution in [2.45, 2.75) is 19.0 Å². The highest BCUT2D eigenvalue weighted by Gasteiger charge is 2.32. The molecule has 0 bridgehead atoms. The Bertz CT molecular complexity index is 888. The van der Waals surface area contributed by atoms with Crippen molar-refractivity contribution in [2.24, 2.45) is 5.73 Å². The van der Waals surface area contributed by atoms with Crippen molar-refractivity contribution in [2.75, 3.05) is 13.2 Å². The van der Waals surface area contributed by atoms with E-state index in [1.54, 1.807) is 0 Å². The first kappa shape index (κ1) is 22.1. The lowest BCUT2D eigenvalue weighted by molar-refractivity contribution is -0.138. The van der Waals surface area contributed by atoms with Crippen LogP contribution in [0.1, 0.15) is 27.2 Å². The second-order valence-corrected chi connectivity index (χ2v) is 5.23. The van der Waals surface area contributed by atoms with E-state index in [2.05, 4.69) is 0 Å². The molecular weight excluding hydrogens is 371 g/mol. The number of nitrogens with two attached hydrogens (primary N) is 1. The highest BCUT2D eigenvalue weighted by molar-refractivity contribution is 5.86. The number of aromatic carboxylic acids is 1. The topological polar surface area (TPSA) is 149 Å². The molecule has 0 aliphatic carbocycles. The number of nitrogens with one attached hydrogen (secondary N) is 2. The van der Waals surface area contributed by atoms with E-state index in [0.29, 0.717) is 6.54 Å². The third-order valence-electron chi connectivity index (χ3n) is 3.35. The average molecular weight is 389 g/mol. The average Bonchev–Trinajstić information content (AvgIpc) is 2.60. The van der Waals surface area contributed by atoms with Crippen LogP contribution >= 0.6 is 0 Å². The van der Waals surface area contributed by atoms with Gasteiger partial charge in [0.15, 0.2) is 0 Å². The molecular formula is C16H18F3N3O5. The van der Waals surface area contributed by atoms with Gasteiger partial charge < -0.3 is 20.9 Å². The highest BCUT2D eigenvalue weighted by atomic mass is 19.4. The quantitative estimate of drug-likeness (QED) is 0.503. The molecule has 0 radical (unpaired) electrons. The van der Waals surface area contributed by atoms with Crippen LogP contribution in [0, 0.1) is 0 Å². The molecule has 0 saturated carbocycles. The lowest BCUT2D eigenvalue weighted by Gasteiger charge is -2.12. The molecule has 1 aromatic carbocycles. The van der Waals surface area contributed by atoms with Crippen molar-refractivity contribution in [3.8, 4) is 0 Å². The van der Waals surface area contributed by atoms with Gasteiger partial charge in [-0.1, -0.05) is 18.2 Å². The van der Waals surface area contributed by atoms with Crippen molar-refractivity contribution in [1.29, 1.82) is 0 Å². The minimum atomic E-state index is -4.55. The maximum absolute atomic E-state index is 12.9. The summed E-state index contributed by atoms with van der Waals surface area (Å²) in [6.07, 6.45) is -5.02. The van der Waals surface area contributed by atoms with Crippen LogP contribution in [-0.4, -0.2) is 39.3 Å². The summed E-state index contributed by atoms with van der Waals surface area (Å²) in [7, 11) is 0. The van der Waals surface area contributed by atoms with Crippen molar-refractivity contribution >= 4 is 5.97 Å². The molecule has 0 spiro atoms. The first-order chi connectivity index (χ1) is 12.6. The molecule has 0 saturated heterocycles. The normalized spacial score (nSPS) is 10.9. The molecule has 0 atom stereocenters. The van der Waals surface area contributed by atoms with Crippen LogP contribution in [0.5, 0.6) is 0 Å². The Hall–Kier alpha value is -2.92. The summed E-state index contributed by atoms with van der Waals surface area (Å²) < 4.78 is 38.7. The summed E-state index contributed by atoms with van der Waals surface area (Å²) in [6.45, 7) is 0.472. The molecule has 0 amide bonds. The standard InChI is InChI=1S/C14H11F3N2O4.C2H7NO/c15-14(16,17)9-4-2-1-3-7(9)5-6-8-10(12(21)22)18-13(23)19-11(8)20;3-1-2-4/h1-4H,5-6H2,(H,21,22)(H2,18,19,20,23);4H,1-3H2. The number of aromatic nitrogens is 2. The van der Waals surface area contributed by atoms with Crippen molar-refractivity contribution in [3.05, 3.63) is 67.5 Å². The number of H-pyrrole nitrogens is 2. The summed E-state index contributed by atoms with van der Waals surface area (Å²) in [5, 5.41) is 16.7. The highest BCUT2D eigenvalue weighted by Crippen LogP contribution is 2.32. The van der Waals surface area contributed by atoms with Gasteiger partial charge in [-0.2, -0.15) is 13.2 Å². The monoisotopic (exact) mass is 389 g/mol. The Labute approximate surface area is 150 Å². The number of hydrogen-bond acceptors (Lipinski definition) is 5. The van der Waals surface area contributed by atoms with E-state index >= 15 is 0 Å². The van der Waals surface area contributed by atoms with E-state index in [9.17, 15) is 27.6 Å². The van der Waals surface area contributed by atoms with Crippen LogP contribution in [0.15, 0.2) is 33.9 Å². The molecule has 0 aliphatic rings. The minimum absolute atomic E-state index is 0.0676. The zero-order chi connectivity index (χ0) is 20.6. The van der Waals surface area contributed by atoms with Crippen molar-refractivity contribution in [1.82, 2.24) is 9.97 Å². The third-order valence-corrected chi connectivity index (χ3v) is 3.35. The molecule has 11 heteroatoms. The van der Waals surface area contributed by atoms with Crippen molar-refractivity contribution in [3.63, 3.8) is 0 Å². The van der Waals surface area contributed by atoms with E-state index in [4.69, 9.17) is 15.9 Å². The first-order valence-corrected chi connectivity index (χ1v) is 7.66. The van der Waals surface area contributed by atoms with Gasteiger partial charge in [-0.05, 0) is 24.5 Å². The van der Waals surface area contributed by atoms with Gasteiger partial charge in [-0.3, -0.25) is 9.78 Å². The van der Waals surface area contributed by atoms with Crippen LogP contribution in [0.2, 0.25) is 0 Å². The molecule has 27 heavy (non-hydrogen) atoms. The zero-order valence-corrected chi connectivity index (χ0v) is 14.0. The second-order valence-electron chi connectivity index (χ2n) is 5.23. The number of hydrogen-bond donors (Lipinski definition) is 5. The molecule has 0 aliphatic heterocycles. The Morgan fingerprint density at radius 2 is 1.70 bits per heavy atom. The lowest BCUT2D eigenvalue weighted by Crippen LogP contribution is -2.30. The van der Waals surface area contributed by atoms with Gasteiger partial charge in [0.05, 0.1) is 12.2 Å². The van der Waals surface area contributed by atoms with Gasteiger partial charge in [0, 0.05) is 12.1 Å². The first-order valence-electron chi connectivity index (χ1n) is 7.66. The van der Waals surface area contributed by atoms with Gasteiger partial charge in [-0.15, -0.1) is 0 Å². The predicted octanol–water partition coefficient (Wildman–Crippen LogP) is 0.503.